The van der Waals surface area contributed by atoms with Crippen LogP contribution in [-0.2, 0) is 11.2 Å². The molecule has 3 N–H and O–H groups in total. The number of rotatable bonds is 5. The minimum atomic E-state index is -1.81. The van der Waals surface area contributed by atoms with Gasteiger partial charge in [0.05, 0.1) is 17.3 Å². The lowest BCUT2D eigenvalue weighted by Crippen LogP contribution is -2.38. The Bertz CT molecular complexity index is 1110. The summed E-state index contributed by atoms with van der Waals surface area (Å²) in [6.07, 6.45) is 0. The van der Waals surface area contributed by atoms with E-state index in [1.54, 1.807) is 33.2 Å². The molecule has 3 rings (SSSR count). The molecule has 1 aliphatic rings. The van der Waals surface area contributed by atoms with Crippen molar-refractivity contribution in [3.8, 4) is 5.75 Å². The Labute approximate surface area is 190 Å². The maximum Gasteiger partial charge on any atom is 0.269 e. The topological polar surface area (TPSA) is 120 Å². The number of hydrogen-bond acceptors (Lipinski definition) is 6. The summed E-state index contributed by atoms with van der Waals surface area (Å²) in [6, 6.07) is 5.09. The van der Waals surface area contributed by atoms with Crippen LogP contribution in [-0.4, -0.2) is 45.9 Å². The predicted octanol–water partition coefficient (Wildman–Crippen LogP) is 3.40. The summed E-state index contributed by atoms with van der Waals surface area (Å²) >= 11 is -1.81. The van der Waals surface area contributed by atoms with Crippen LogP contribution in [0.15, 0.2) is 31.4 Å². The van der Waals surface area contributed by atoms with Crippen LogP contribution in [0, 0.1) is 26.7 Å². The summed E-state index contributed by atoms with van der Waals surface area (Å²) < 4.78 is 26.1. The molecule has 0 saturated carbocycles. The molecule has 1 aromatic heterocycles. The number of aromatic hydroxyl groups is 1. The zero-order valence-electron chi connectivity index (χ0n) is 19.3. The third-order valence-electron chi connectivity index (χ3n) is 5.27. The number of nitrogens with zero attached hydrogens (tertiary/aromatic N) is 3. The first kappa shape index (κ1) is 23.5. The van der Waals surface area contributed by atoms with E-state index in [0.717, 1.165) is 17.1 Å². The highest BCUT2D eigenvalue weighted by molar-refractivity contribution is 7.83. The van der Waals surface area contributed by atoms with Gasteiger partial charge in [-0.2, -0.15) is 0 Å². The number of hydrogen-bond donors (Lipinski definition) is 3. The van der Waals surface area contributed by atoms with Gasteiger partial charge in [0, 0.05) is 14.1 Å². The Morgan fingerprint density at radius 3 is 2.34 bits per heavy atom. The van der Waals surface area contributed by atoms with E-state index < -0.39 is 11.2 Å². The molecule has 1 unspecified atom stereocenters. The fourth-order valence-electron chi connectivity index (χ4n) is 3.32. The molecule has 32 heavy (non-hydrogen) atoms. The van der Waals surface area contributed by atoms with Gasteiger partial charge in [-0.25, -0.2) is 4.21 Å². The van der Waals surface area contributed by atoms with Crippen LogP contribution in [0.4, 0.5) is 5.69 Å². The van der Waals surface area contributed by atoms with Crippen LogP contribution in [0.5, 0.6) is 5.75 Å². The molecule has 2 aromatic rings. The summed E-state index contributed by atoms with van der Waals surface area (Å²) in [5, 5.41) is 17.0. The van der Waals surface area contributed by atoms with E-state index in [0.29, 0.717) is 5.56 Å². The molecule has 0 saturated heterocycles. The van der Waals surface area contributed by atoms with Crippen molar-refractivity contribution in [2.75, 3.05) is 19.4 Å². The number of anilines is 1. The fourth-order valence-corrected chi connectivity index (χ4v) is 3.95. The third-order valence-corrected chi connectivity index (χ3v) is 5.95. The number of carbonyl (C=O) groups is 1. The number of amides is 1. The Morgan fingerprint density at radius 2 is 1.78 bits per heavy atom. The average Bonchev–Trinajstić information content (AvgIpc) is 3.22. The van der Waals surface area contributed by atoms with Gasteiger partial charge < -0.3 is 25.1 Å². The van der Waals surface area contributed by atoms with E-state index in [9.17, 15) is 14.1 Å². The van der Waals surface area contributed by atoms with Gasteiger partial charge in [0.25, 0.3) is 17.1 Å². The molecule has 0 fully saturated rings. The highest BCUT2D eigenvalue weighted by Gasteiger charge is 2.28. The molecule has 2 atom stereocenters. The molecule has 0 aliphatic carbocycles. The first-order chi connectivity index (χ1) is 15.0. The SMILES string of the molecule is Cc1cc([C@H](NC2=NS(=O)N=C2Nc2ccc(C)c(C(=O)N(C)C)c2O)C(C)C)oc1C. The largest absolute Gasteiger partial charge is 0.505 e. The Balaban J connectivity index is 1.90. The van der Waals surface area contributed by atoms with Crippen LogP contribution in [0.25, 0.3) is 0 Å². The quantitative estimate of drug-likeness (QED) is 0.590. The van der Waals surface area contributed by atoms with Crippen LogP contribution in [0.2, 0.25) is 0 Å². The number of phenolic OH excluding ortho intramolecular Hbond substituents is 1. The highest BCUT2D eigenvalue weighted by Crippen LogP contribution is 2.32. The van der Waals surface area contributed by atoms with E-state index in [1.165, 1.54) is 4.90 Å². The maximum absolute atomic E-state index is 12.5. The van der Waals surface area contributed by atoms with Gasteiger partial charge in [-0.1, -0.05) is 19.9 Å². The minimum Gasteiger partial charge on any atom is -0.505 e. The van der Waals surface area contributed by atoms with Crippen molar-refractivity contribution < 1.29 is 18.5 Å². The van der Waals surface area contributed by atoms with Crippen molar-refractivity contribution in [3.63, 3.8) is 0 Å². The zero-order valence-corrected chi connectivity index (χ0v) is 20.1. The number of carbonyl (C=O) groups excluding carboxylic acids is 1. The number of nitrogens with one attached hydrogen (secondary N) is 2. The molecule has 1 aromatic carbocycles. The van der Waals surface area contributed by atoms with Crippen molar-refractivity contribution in [2.45, 2.75) is 40.7 Å². The van der Waals surface area contributed by atoms with Crippen LogP contribution >= 0.6 is 0 Å². The second-order valence-electron chi connectivity index (χ2n) is 8.34. The van der Waals surface area contributed by atoms with Crippen molar-refractivity contribution in [1.29, 1.82) is 0 Å². The molecule has 9 nitrogen and oxygen atoms in total. The van der Waals surface area contributed by atoms with E-state index in [-0.39, 0.29) is 46.5 Å². The smallest absolute Gasteiger partial charge is 0.269 e. The monoisotopic (exact) mass is 459 g/mol. The molecule has 0 radical (unpaired) electrons. The first-order valence-corrected chi connectivity index (χ1v) is 11.3. The standard InChI is InChI=1S/C22H29N5O4S/c1-11(2)18(16-10-13(4)14(5)31-16)24-21-20(25-32(30)26-21)23-15-9-8-12(3)17(19(15)28)22(29)27(6)7/h8-11,18,28H,1-7H3,(H,23,25)(H,24,26)/t18-,32?/m1/s1. The van der Waals surface area contributed by atoms with E-state index in [4.69, 9.17) is 4.42 Å². The molecule has 1 amide bonds. The lowest BCUT2D eigenvalue weighted by molar-refractivity contribution is 0.0824. The summed E-state index contributed by atoms with van der Waals surface area (Å²) in [5.41, 5.74) is 2.13. The number of furan rings is 1. The molecule has 2 heterocycles. The van der Waals surface area contributed by atoms with Gasteiger partial charge in [-0.15, -0.1) is 8.80 Å². The first-order valence-electron chi connectivity index (χ1n) is 10.2. The van der Waals surface area contributed by atoms with E-state index in [2.05, 4.69) is 19.4 Å². The van der Waals surface area contributed by atoms with Crippen molar-refractivity contribution in [2.24, 2.45) is 14.7 Å². The van der Waals surface area contributed by atoms with Gasteiger partial charge >= 0.3 is 0 Å². The van der Waals surface area contributed by atoms with Crippen LogP contribution in [0.1, 0.15) is 52.9 Å². The van der Waals surface area contributed by atoms with E-state index >= 15 is 0 Å². The van der Waals surface area contributed by atoms with E-state index in [1.807, 2.05) is 33.8 Å². The summed E-state index contributed by atoms with van der Waals surface area (Å²) in [7, 11) is 3.23. The van der Waals surface area contributed by atoms with Crippen LogP contribution in [0.3, 0.4) is 0 Å². The van der Waals surface area contributed by atoms with Gasteiger partial charge in [0.15, 0.2) is 17.4 Å². The summed E-state index contributed by atoms with van der Waals surface area (Å²) in [5.74, 6) is 1.67. The normalized spacial score (nSPS) is 16.6. The van der Waals surface area contributed by atoms with Gasteiger partial charge in [0.1, 0.15) is 11.5 Å². The summed E-state index contributed by atoms with van der Waals surface area (Å²) in [4.78, 5) is 13.9. The molecular formula is C22H29N5O4S. The number of phenols is 1. The lowest BCUT2D eigenvalue weighted by Gasteiger charge is -2.22. The highest BCUT2D eigenvalue weighted by atomic mass is 32.2. The third kappa shape index (κ3) is 4.69. The number of amidine groups is 2. The fraction of sp³-hybridized carbons (Fsp3) is 0.409. The Hall–Kier alpha value is -3.14. The lowest BCUT2D eigenvalue weighted by atomic mass is 10.0. The average molecular weight is 460 g/mol. The minimum absolute atomic E-state index is 0.134. The van der Waals surface area contributed by atoms with Gasteiger partial charge in [-0.3, -0.25) is 4.79 Å². The molecule has 1 aliphatic heterocycles. The van der Waals surface area contributed by atoms with Gasteiger partial charge in [0.2, 0.25) is 0 Å². The van der Waals surface area contributed by atoms with Crippen molar-refractivity contribution >= 4 is 34.4 Å². The Morgan fingerprint density at radius 1 is 1.12 bits per heavy atom. The van der Waals surface area contributed by atoms with Crippen LogP contribution < -0.4 is 10.6 Å². The molecule has 172 valence electrons. The van der Waals surface area contributed by atoms with Crippen molar-refractivity contribution in [3.05, 3.63) is 46.4 Å². The van der Waals surface area contributed by atoms with Gasteiger partial charge in [-0.05, 0) is 49.9 Å². The predicted molar refractivity (Wildman–Crippen MR) is 126 cm³/mol. The molecular weight excluding hydrogens is 430 g/mol. The number of aryl methyl sites for hydroxylation is 3. The number of benzene rings is 1. The second-order valence-corrected chi connectivity index (χ2v) is 9.17. The Kier molecular flexibility index (Phi) is 6.73. The van der Waals surface area contributed by atoms with Crippen molar-refractivity contribution in [1.82, 2.24) is 10.2 Å². The molecule has 0 bridgehead atoms. The summed E-state index contributed by atoms with van der Waals surface area (Å²) in [6.45, 7) is 9.69. The molecule has 0 spiro atoms. The zero-order chi connectivity index (χ0) is 23.7. The second kappa shape index (κ2) is 9.15. The molecule has 10 heteroatoms. The maximum atomic E-state index is 12.5.